The van der Waals surface area contributed by atoms with Gasteiger partial charge in [-0.25, -0.2) is 0 Å². The van der Waals surface area contributed by atoms with Crippen LogP contribution in [-0.2, 0) is 20.7 Å². The summed E-state index contributed by atoms with van der Waals surface area (Å²) in [5, 5.41) is 9.14. The molecule has 0 saturated carbocycles. The van der Waals surface area contributed by atoms with Crippen molar-refractivity contribution in [1.29, 1.82) is 0 Å². The molecule has 1 aromatic carbocycles. The number of ether oxygens (including phenoxy) is 1. The zero-order valence-corrected chi connectivity index (χ0v) is 11.8. The molecule has 1 amide bonds. The monoisotopic (exact) mass is 289 g/mol. The number of aliphatic carboxylic acids is 1. The lowest BCUT2D eigenvalue weighted by Gasteiger charge is -2.35. The maximum absolute atomic E-state index is 12.7. The second-order valence-corrected chi connectivity index (χ2v) is 5.66. The van der Waals surface area contributed by atoms with Gasteiger partial charge in [-0.15, -0.1) is 0 Å². The summed E-state index contributed by atoms with van der Waals surface area (Å²) in [7, 11) is 0. The maximum atomic E-state index is 12.7. The summed E-state index contributed by atoms with van der Waals surface area (Å²) in [5.74, 6) is -1.38. The molecule has 1 saturated heterocycles. The standard InChI is InChI=1S/C16H19NO4/c18-15(17-8-3-5-12(10-17)16(19)20)14-13-6-2-1-4-11(13)7-9-21-14/h1-2,4,6,12,14H,3,5,7-10H2,(H,19,20)/t12-,14?/m1/s1. The Kier molecular flexibility index (Phi) is 3.92. The van der Waals surface area contributed by atoms with Crippen molar-refractivity contribution in [3.8, 4) is 0 Å². The topological polar surface area (TPSA) is 66.8 Å². The number of nitrogens with zero attached hydrogens (tertiary/aromatic N) is 1. The first kappa shape index (κ1) is 14.1. The van der Waals surface area contributed by atoms with Crippen LogP contribution in [0.25, 0.3) is 0 Å². The normalized spacial score (nSPS) is 25.2. The Hall–Kier alpha value is -1.88. The molecule has 0 aromatic heterocycles. The molecule has 0 spiro atoms. The molecule has 1 unspecified atom stereocenters. The van der Waals surface area contributed by atoms with Crippen molar-refractivity contribution < 1.29 is 19.4 Å². The molecule has 2 aliphatic heterocycles. The van der Waals surface area contributed by atoms with Gasteiger partial charge in [-0.2, -0.15) is 0 Å². The summed E-state index contributed by atoms with van der Waals surface area (Å²) < 4.78 is 5.68. The number of amides is 1. The van der Waals surface area contributed by atoms with Gasteiger partial charge < -0.3 is 14.7 Å². The van der Waals surface area contributed by atoms with Crippen molar-refractivity contribution in [3.05, 3.63) is 35.4 Å². The molecule has 5 heteroatoms. The van der Waals surface area contributed by atoms with E-state index in [-0.39, 0.29) is 12.5 Å². The Morgan fingerprint density at radius 1 is 1.29 bits per heavy atom. The molecule has 2 atom stereocenters. The van der Waals surface area contributed by atoms with Crippen LogP contribution in [0, 0.1) is 5.92 Å². The third-order valence-corrected chi connectivity index (χ3v) is 4.30. The van der Waals surface area contributed by atoms with Crippen LogP contribution in [0.3, 0.4) is 0 Å². The van der Waals surface area contributed by atoms with Crippen molar-refractivity contribution in [2.24, 2.45) is 5.92 Å². The molecule has 21 heavy (non-hydrogen) atoms. The lowest BCUT2D eigenvalue weighted by Crippen LogP contribution is -2.45. The summed E-state index contributed by atoms with van der Waals surface area (Å²) >= 11 is 0. The van der Waals surface area contributed by atoms with E-state index < -0.39 is 18.0 Å². The maximum Gasteiger partial charge on any atom is 0.308 e. The summed E-state index contributed by atoms with van der Waals surface area (Å²) in [4.78, 5) is 25.5. The molecule has 3 rings (SSSR count). The Morgan fingerprint density at radius 2 is 2.10 bits per heavy atom. The fourth-order valence-corrected chi connectivity index (χ4v) is 3.14. The second-order valence-electron chi connectivity index (χ2n) is 5.66. The van der Waals surface area contributed by atoms with Crippen LogP contribution in [0.1, 0.15) is 30.1 Å². The van der Waals surface area contributed by atoms with Crippen LogP contribution >= 0.6 is 0 Å². The molecule has 2 aliphatic rings. The van der Waals surface area contributed by atoms with E-state index in [1.54, 1.807) is 4.90 Å². The number of hydrogen-bond acceptors (Lipinski definition) is 3. The lowest BCUT2D eigenvalue weighted by molar-refractivity contribution is -0.151. The van der Waals surface area contributed by atoms with Crippen molar-refractivity contribution >= 4 is 11.9 Å². The van der Waals surface area contributed by atoms with E-state index in [1.165, 1.54) is 0 Å². The van der Waals surface area contributed by atoms with Crippen molar-refractivity contribution in [3.63, 3.8) is 0 Å². The highest BCUT2D eigenvalue weighted by Gasteiger charge is 2.34. The molecular formula is C16H19NO4. The Morgan fingerprint density at radius 3 is 2.90 bits per heavy atom. The molecule has 1 aromatic rings. The summed E-state index contributed by atoms with van der Waals surface area (Å²) in [6.45, 7) is 1.43. The third-order valence-electron chi connectivity index (χ3n) is 4.30. The van der Waals surface area contributed by atoms with E-state index in [0.717, 1.165) is 24.0 Å². The van der Waals surface area contributed by atoms with Crippen LogP contribution in [0.2, 0.25) is 0 Å². The van der Waals surface area contributed by atoms with Crippen LogP contribution in [0.4, 0.5) is 0 Å². The van der Waals surface area contributed by atoms with E-state index in [9.17, 15) is 9.59 Å². The summed E-state index contributed by atoms with van der Waals surface area (Å²) in [5.41, 5.74) is 2.07. The number of rotatable bonds is 2. The number of carbonyl (C=O) groups excluding carboxylic acids is 1. The average Bonchev–Trinajstić information content (AvgIpc) is 2.53. The number of fused-ring (bicyclic) bond motifs is 1. The summed E-state index contributed by atoms with van der Waals surface area (Å²) in [6.07, 6.45) is 1.61. The smallest absolute Gasteiger partial charge is 0.308 e. The minimum absolute atomic E-state index is 0.104. The van der Waals surface area contributed by atoms with Gasteiger partial charge in [-0.1, -0.05) is 24.3 Å². The van der Waals surface area contributed by atoms with E-state index in [4.69, 9.17) is 9.84 Å². The van der Waals surface area contributed by atoms with Gasteiger partial charge in [0.15, 0.2) is 6.10 Å². The van der Waals surface area contributed by atoms with E-state index in [0.29, 0.717) is 19.6 Å². The quantitative estimate of drug-likeness (QED) is 0.898. The van der Waals surface area contributed by atoms with Crippen LogP contribution in [0.5, 0.6) is 0 Å². The largest absolute Gasteiger partial charge is 0.481 e. The number of piperidine rings is 1. The second kappa shape index (κ2) is 5.85. The first-order chi connectivity index (χ1) is 10.2. The minimum atomic E-state index is -0.822. The van der Waals surface area contributed by atoms with Crippen LogP contribution in [-0.4, -0.2) is 41.6 Å². The SMILES string of the molecule is O=C(O)[C@@H]1CCCN(C(=O)C2OCCc3ccccc32)C1. The van der Waals surface area contributed by atoms with Gasteiger partial charge in [0, 0.05) is 13.1 Å². The molecule has 0 radical (unpaired) electrons. The van der Waals surface area contributed by atoms with Crippen LogP contribution < -0.4 is 0 Å². The van der Waals surface area contributed by atoms with Gasteiger partial charge in [0.25, 0.3) is 5.91 Å². The van der Waals surface area contributed by atoms with Gasteiger partial charge in [0.2, 0.25) is 0 Å². The summed E-state index contributed by atoms with van der Waals surface area (Å²) in [6, 6.07) is 7.82. The zero-order chi connectivity index (χ0) is 14.8. The van der Waals surface area contributed by atoms with Gasteiger partial charge in [-0.05, 0) is 30.4 Å². The number of likely N-dealkylation sites (tertiary alicyclic amines) is 1. The Balaban J connectivity index is 1.78. The van der Waals surface area contributed by atoms with Crippen molar-refractivity contribution in [2.75, 3.05) is 19.7 Å². The number of carbonyl (C=O) groups is 2. The highest BCUT2D eigenvalue weighted by Crippen LogP contribution is 2.30. The number of benzene rings is 1. The molecule has 2 heterocycles. The van der Waals surface area contributed by atoms with Crippen LogP contribution in [0.15, 0.2) is 24.3 Å². The van der Waals surface area contributed by atoms with E-state index >= 15 is 0 Å². The third kappa shape index (κ3) is 2.78. The average molecular weight is 289 g/mol. The van der Waals surface area contributed by atoms with Crippen molar-refractivity contribution in [2.45, 2.75) is 25.4 Å². The number of hydrogen-bond donors (Lipinski definition) is 1. The van der Waals surface area contributed by atoms with Gasteiger partial charge >= 0.3 is 5.97 Å². The highest BCUT2D eigenvalue weighted by atomic mass is 16.5. The predicted octanol–water partition coefficient (Wildman–Crippen LogP) is 1.62. The molecule has 1 fully saturated rings. The lowest BCUT2D eigenvalue weighted by atomic mass is 9.94. The van der Waals surface area contributed by atoms with Gasteiger partial charge in [-0.3, -0.25) is 9.59 Å². The first-order valence-corrected chi connectivity index (χ1v) is 7.38. The Labute approximate surface area is 123 Å². The van der Waals surface area contributed by atoms with Gasteiger partial charge in [0.1, 0.15) is 0 Å². The first-order valence-electron chi connectivity index (χ1n) is 7.38. The van der Waals surface area contributed by atoms with E-state index in [2.05, 4.69) is 0 Å². The molecule has 112 valence electrons. The fourth-order valence-electron chi connectivity index (χ4n) is 3.14. The molecule has 0 aliphatic carbocycles. The van der Waals surface area contributed by atoms with E-state index in [1.807, 2.05) is 24.3 Å². The molecule has 5 nitrogen and oxygen atoms in total. The number of carboxylic acid groups (broad SMARTS) is 1. The molecular weight excluding hydrogens is 270 g/mol. The Bertz CT molecular complexity index is 557. The molecule has 1 N–H and O–H groups in total. The highest BCUT2D eigenvalue weighted by molar-refractivity contribution is 5.84. The van der Waals surface area contributed by atoms with Gasteiger partial charge in [0.05, 0.1) is 12.5 Å². The molecule has 0 bridgehead atoms. The number of carboxylic acids is 1. The minimum Gasteiger partial charge on any atom is -0.481 e. The fraction of sp³-hybridized carbons (Fsp3) is 0.500. The van der Waals surface area contributed by atoms with Crippen molar-refractivity contribution in [1.82, 2.24) is 4.90 Å². The predicted molar refractivity (Wildman–Crippen MR) is 75.8 cm³/mol. The zero-order valence-electron chi connectivity index (χ0n) is 11.8.